The summed E-state index contributed by atoms with van der Waals surface area (Å²) in [7, 11) is 0. The highest BCUT2D eigenvalue weighted by Gasteiger charge is 2.31. The molecule has 1 rings (SSSR count). The van der Waals surface area contributed by atoms with Gasteiger partial charge >= 0.3 is 12.2 Å². The van der Waals surface area contributed by atoms with Gasteiger partial charge in [-0.3, -0.25) is 0 Å². The molecule has 3 N–H and O–H groups in total. The molecule has 0 fully saturated rings. The van der Waals surface area contributed by atoms with Crippen LogP contribution in [-0.4, -0.2) is 23.8 Å². The number of nitrogens with one attached hydrogen (secondary N) is 2. The standard InChI is InChI=1S/C13H16ClF3N2O2/c1-2-9(5-6-20)18-12(21)19-11-4-3-8(7-10(11)14)13(15,16)17/h3-4,7,9,20H,2,5-6H2,1H3,(H2,18,19,21). The molecule has 8 heteroatoms. The van der Waals surface area contributed by atoms with Crippen molar-refractivity contribution in [2.75, 3.05) is 11.9 Å². The second-order valence-corrected chi connectivity index (χ2v) is 4.82. The van der Waals surface area contributed by atoms with Gasteiger partial charge < -0.3 is 15.7 Å². The van der Waals surface area contributed by atoms with Crippen LogP contribution < -0.4 is 10.6 Å². The summed E-state index contributed by atoms with van der Waals surface area (Å²) in [6.45, 7) is 1.77. The van der Waals surface area contributed by atoms with E-state index in [9.17, 15) is 18.0 Å². The van der Waals surface area contributed by atoms with Gasteiger partial charge in [-0.1, -0.05) is 18.5 Å². The Morgan fingerprint density at radius 1 is 1.43 bits per heavy atom. The highest BCUT2D eigenvalue weighted by Crippen LogP contribution is 2.33. The first-order valence-electron chi connectivity index (χ1n) is 6.33. The van der Waals surface area contributed by atoms with Gasteiger partial charge in [0, 0.05) is 12.6 Å². The van der Waals surface area contributed by atoms with E-state index in [1.165, 1.54) is 0 Å². The first kappa shape index (κ1) is 17.6. The third kappa shape index (κ3) is 5.43. The zero-order chi connectivity index (χ0) is 16.0. The minimum absolute atomic E-state index is 0.0696. The number of halogens is 4. The normalized spacial score (nSPS) is 12.9. The second kappa shape index (κ2) is 7.51. The highest BCUT2D eigenvalue weighted by molar-refractivity contribution is 6.33. The molecule has 1 aromatic carbocycles. The van der Waals surface area contributed by atoms with Crippen molar-refractivity contribution < 1.29 is 23.1 Å². The average molecular weight is 325 g/mol. The van der Waals surface area contributed by atoms with Crippen molar-refractivity contribution in [1.82, 2.24) is 5.32 Å². The lowest BCUT2D eigenvalue weighted by Crippen LogP contribution is -2.38. The Morgan fingerprint density at radius 2 is 2.10 bits per heavy atom. The van der Waals surface area contributed by atoms with E-state index in [-0.39, 0.29) is 23.4 Å². The molecule has 0 aliphatic heterocycles. The lowest BCUT2D eigenvalue weighted by Gasteiger charge is -2.17. The van der Waals surface area contributed by atoms with Crippen LogP contribution >= 0.6 is 11.6 Å². The molecule has 0 aliphatic rings. The molecule has 0 radical (unpaired) electrons. The summed E-state index contributed by atoms with van der Waals surface area (Å²) in [6.07, 6.45) is -3.47. The second-order valence-electron chi connectivity index (χ2n) is 4.41. The maximum absolute atomic E-state index is 12.5. The molecule has 0 spiro atoms. The fourth-order valence-electron chi connectivity index (χ4n) is 1.67. The molecule has 21 heavy (non-hydrogen) atoms. The molecular formula is C13H16ClF3N2O2. The maximum Gasteiger partial charge on any atom is 0.416 e. The predicted octanol–water partition coefficient (Wildman–Crippen LogP) is 3.64. The molecule has 0 heterocycles. The Hall–Kier alpha value is -1.47. The molecule has 0 saturated carbocycles. The van der Waals surface area contributed by atoms with Gasteiger partial charge in [-0.2, -0.15) is 13.2 Å². The number of benzene rings is 1. The van der Waals surface area contributed by atoms with Crippen LogP contribution in [-0.2, 0) is 6.18 Å². The van der Waals surface area contributed by atoms with Gasteiger partial charge in [0.2, 0.25) is 0 Å². The quantitative estimate of drug-likeness (QED) is 0.774. The lowest BCUT2D eigenvalue weighted by atomic mass is 10.1. The Kier molecular flexibility index (Phi) is 6.29. The molecule has 118 valence electrons. The van der Waals surface area contributed by atoms with E-state index < -0.39 is 17.8 Å². The molecule has 0 aliphatic carbocycles. The number of amides is 2. The molecule has 4 nitrogen and oxygen atoms in total. The number of anilines is 1. The summed E-state index contributed by atoms with van der Waals surface area (Å²) >= 11 is 5.73. The number of aliphatic hydroxyl groups excluding tert-OH is 1. The molecule has 1 unspecified atom stereocenters. The number of rotatable bonds is 5. The zero-order valence-electron chi connectivity index (χ0n) is 11.3. The van der Waals surface area contributed by atoms with Crippen LogP contribution in [0.15, 0.2) is 18.2 Å². The van der Waals surface area contributed by atoms with Crippen molar-refractivity contribution in [2.24, 2.45) is 0 Å². The minimum atomic E-state index is -4.49. The summed E-state index contributed by atoms with van der Waals surface area (Å²) in [5, 5.41) is 13.6. The van der Waals surface area contributed by atoms with Crippen molar-refractivity contribution in [3.05, 3.63) is 28.8 Å². The van der Waals surface area contributed by atoms with Crippen LogP contribution in [0.4, 0.5) is 23.7 Å². The Bertz CT molecular complexity index is 495. The summed E-state index contributed by atoms with van der Waals surface area (Å²) in [5.41, 5.74) is -0.800. The molecule has 1 atom stereocenters. The van der Waals surface area contributed by atoms with Crippen molar-refractivity contribution in [2.45, 2.75) is 32.0 Å². The van der Waals surface area contributed by atoms with E-state index in [1.54, 1.807) is 0 Å². The van der Waals surface area contributed by atoms with Crippen molar-refractivity contribution >= 4 is 23.3 Å². The van der Waals surface area contributed by atoms with Gasteiger partial charge in [-0.05, 0) is 31.0 Å². The fourth-order valence-corrected chi connectivity index (χ4v) is 1.90. The van der Waals surface area contributed by atoms with Crippen LogP contribution in [0.3, 0.4) is 0 Å². The topological polar surface area (TPSA) is 61.4 Å². The molecule has 1 aromatic rings. The summed E-state index contributed by atoms with van der Waals surface area (Å²) in [4.78, 5) is 11.7. The van der Waals surface area contributed by atoms with Gasteiger partial charge in [-0.25, -0.2) is 4.79 Å². The molecule has 0 saturated heterocycles. The first-order valence-corrected chi connectivity index (χ1v) is 6.70. The third-order valence-corrected chi connectivity index (χ3v) is 3.16. The number of alkyl halides is 3. The Morgan fingerprint density at radius 3 is 2.57 bits per heavy atom. The molecule has 2 amide bonds. The van der Waals surface area contributed by atoms with Crippen molar-refractivity contribution in [1.29, 1.82) is 0 Å². The van der Waals surface area contributed by atoms with E-state index in [4.69, 9.17) is 16.7 Å². The summed E-state index contributed by atoms with van der Waals surface area (Å²) in [5.74, 6) is 0. The van der Waals surface area contributed by atoms with Gasteiger partial charge in [0.15, 0.2) is 0 Å². The summed E-state index contributed by atoms with van der Waals surface area (Å²) < 4.78 is 37.4. The van der Waals surface area contributed by atoms with E-state index in [0.717, 1.165) is 18.2 Å². The number of carbonyl (C=O) groups excluding carboxylic acids is 1. The van der Waals surface area contributed by atoms with E-state index in [1.807, 2.05) is 6.92 Å². The number of aliphatic hydroxyl groups is 1. The molecule has 0 bridgehead atoms. The Labute approximate surface area is 125 Å². The smallest absolute Gasteiger partial charge is 0.396 e. The average Bonchev–Trinajstić information content (AvgIpc) is 2.39. The summed E-state index contributed by atoms with van der Waals surface area (Å²) in [6, 6.07) is 1.88. The zero-order valence-corrected chi connectivity index (χ0v) is 12.1. The highest BCUT2D eigenvalue weighted by atomic mass is 35.5. The third-order valence-electron chi connectivity index (χ3n) is 2.85. The number of urea groups is 1. The van der Waals surface area contributed by atoms with Crippen LogP contribution in [0.25, 0.3) is 0 Å². The van der Waals surface area contributed by atoms with E-state index in [2.05, 4.69) is 10.6 Å². The fraction of sp³-hybridized carbons (Fsp3) is 0.462. The monoisotopic (exact) mass is 324 g/mol. The van der Waals surface area contributed by atoms with Gasteiger partial charge in [0.1, 0.15) is 0 Å². The van der Waals surface area contributed by atoms with Gasteiger partial charge in [0.25, 0.3) is 0 Å². The van der Waals surface area contributed by atoms with Crippen LogP contribution in [0, 0.1) is 0 Å². The molecular weight excluding hydrogens is 309 g/mol. The SMILES string of the molecule is CCC(CCO)NC(=O)Nc1ccc(C(F)(F)F)cc1Cl. The largest absolute Gasteiger partial charge is 0.416 e. The molecule has 0 aromatic heterocycles. The maximum atomic E-state index is 12.5. The Balaban J connectivity index is 2.73. The van der Waals surface area contributed by atoms with E-state index >= 15 is 0 Å². The van der Waals surface area contributed by atoms with Crippen LogP contribution in [0.2, 0.25) is 5.02 Å². The minimum Gasteiger partial charge on any atom is -0.396 e. The lowest BCUT2D eigenvalue weighted by molar-refractivity contribution is -0.137. The number of hydrogen-bond donors (Lipinski definition) is 3. The van der Waals surface area contributed by atoms with Gasteiger partial charge in [0.05, 0.1) is 16.3 Å². The van der Waals surface area contributed by atoms with Gasteiger partial charge in [-0.15, -0.1) is 0 Å². The van der Waals surface area contributed by atoms with Crippen molar-refractivity contribution in [3.63, 3.8) is 0 Å². The first-order chi connectivity index (χ1) is 9.77. The number of hydrogen-bond acceptors (Lipinski definition) is 2. The number of carbonyl (C=O) groups is 1. The van der Waals surface area contributed by atoms with Crippen LogP contribution in [0.1, 0.15) is 25.3 Å². The predicted molar refractivity (Wildman–Crippen MR) is 74.4 cm³/mol. The van der Waals surface area contributed by atoms with Crippen LogP contribution in [0.5, 0.6) is 0 Å². The van der Waals surface area contributed by atoms with Crippen molar-refractivity contribution in [3.8, 4) is 0 Å². The van der Waals surface area contributed by atoms with E-state index in [0.29, 0.717) is 12.8 Å².